The van der Waals surface area contributed by atoms with Crippen LogP contribution in [0, 0.1) is 13.8 Å². The van der Waals surface area contributed by atoms with Gasteiger partial charge in [-0.1, -0.05) is 35.0 Å². The Morgan fingerprint density at radius 1 is 1.24 bits per heavy atom. The predicted octanol–water partition coefficient (Wildman–Crippen LogP) is 5.80. The number of hydrogen-bond donors (Lipinski definition) is 1. The molecule has 1 atom stereocenters. The first-order chi connectivity index (χ1) is 10.1. The summed E-state index contributed by atoms with van der Waals surface area (Å²) in [5, 5.41) is 8.13. The summed E-state index contributed by atoms with van der Waals surface area (Å²) in [6, 6.07) is 7.31. The lowest BCUT2D eigenvalue weighted by Gasteiger charge is -2.21. The van der Waals surface area contributed by atoms with Gasteiger partial charge in [-0.05, 0) is 78.7 Å². The number of benzene rings is 1. The first-order valence-corrected chi connectivity index (χ1v) is 9.36. The molecule has 1 N–H and O–H groups in total. The Morgan fingerprint density at radius 3 is 2.52 bits per heavy atom. The van der Waals surface area contributed by atoms with Crippen LogP contribution in [0.1, 0.15) is 48.1 Å². The zero-order valence-electron chi connectivity index (χ0n) is 13.1. The van der Waals surface area contributed by atoms with Crippen LogP contribution in [-0.2, 0) is 6.42 Å². The smallest absolute Gasteiger partial charge is 0.0323 e. The molecule has 0 spiro atoms. The monoisotopic (exact) mass is 365 g/mol. The standard InChI is InChI=1S/C18H24BrNS/c1-4-8-20-17(6-5-15-7-9-21-12-15)16-10-13(2)18(19)14(3)11-16/h7,9-12,17,20H,4-6,8H2,1-3H3. The third kappa shape index (κ3) is 4.67. The maximum atomic E-state index is 3.71. The lowest BCUT2D eigenvalue weighted by molar-refractivity contribution is 0.499. The molecule has 0 saturated carbocycles. The Hall–Kier alpha value is -0.640. The Labute approximate surface area is 140 Å². The number of thiophene rings is 1. The molecule has 0 radical (unpaired) electrons. The van der Waals surface area contributed by atoms with Gasteiger partial charge < -0.3 is 5.32 Å². The van der Waals surface area contributed by atoms with Crippen molar-refractivity contribution in [1.29, 1.82) is 0 Å². The van der Waals surface area contributed by atoms with E-state index in [1.807, 2.05) is 0 Å². The predicted molar refractivity (Wildman–Crippen MR) is 97.3 cm³/mol. The van der Waals surface area contributed by atoms with Crippen LogP contribution in [0.3, 0.4) is 0 Å². The number of hydrogen-bond acceptors (Lipinski definition) is 2. The van der Waals surface area contributed by atoms with E-state index in [-0.39, 0.29) is 0 Å². The lowest BCUT2D eigenvalue weighted by atomic mass is 9.96. The SMILES string of the molecule is CCCNC(CCc1ccsc1)c1cc(C)c(Br)c(C)c1. The molecule has 1 unspecified atom stereocenters. The maximum Gasteiger partial charge on any atom is 0.0323 e. The molecular formula is C18H24BrNS. The lowest BCUT2D eigenvalue weighted by Crippen LogP contribution is -2.23. The molecule has 114 valence electrons. The molecule has 1 aromatic carbocycles. The maximum absolute atomic E-state index is 3.71. The summed E-state index contributed by atoms with van der Waals surface area (Å²) in [6.07, 6.45) is 3.46. The normalized spacial score (nSPS) is 12.6. The van der Waals surface area contributed by atoms with E-state index in [1.165, 1.54) is 33.1 Å². The van der Waals surface area contributed by atoms with Crippen LogP contribution in [0.5, 0.6) is 0 Å². The highest BCUT2D eigenvalue weighted by Crippen LogP contribution is 2.28. The van der Waals surface area contributed by atoms with Crippen molar-refractivity contribution >= 4 is 27.3 Å². The average molecular weight is 366 g/mol. The second-order valence-corrected chi connectivity index (χ2v) is 7.22. The first-order valence-electron chi connectivity index (χ1n) is 7.63. The molecule has 0 amide bonds. The van der Waals surface area contributed by atoms with E-state index >= 15 is 0 Å². The van der Waals surface area contributed by atoms with Gasteiger partial charge in [-0.25, -0.2) is 0 Å². The van der Waals surface area contributed by atoms with Gasteiger partial charge in [0.15, 0.2) is 0 Å². The summed E-state index contributed by atoms with van der Waals surface area (Å²) in [5.74, 6) is 0. The minimum absolute atomic E-state index is 0.440. The van der Waals surface area contributed by atoms with Crippen molar-refractivity contribution in [3.05, 3.63) is 55.7 Å². The van der Waals surface area contributed by atoms with Crippen LogP contribution in [0.15, 0.2) is 33.4 Å². The Balaban J connectivity index is 2.14. The third-order valence-corrected chi connectivity index (χ3v) is 5.79. The van der Waals surface area contributed by atoms with Crippen molar-refractivity contribution in [3.8, 4) is 0 Å². The van der Waals surface area contributed by atoms with Crippen LogP contribution in [0.4, 0.5) is 0 Å². The minimum Gasteiger partial charge on any atom is -0.310 e. The van der Waals surface area contributed by atoms with E-state index in [4.69, 9.17) is 0 Å². The molecular weight excluding hydrogens is 342 g/mol. The quantitative estimate of drug-likeness (QED) is 0.653. The average Bonchev–Trinajstić information content (AvgIpc) is 2.97. The summed E-state index contributed by atoms with van der Waals surface area (Å²) in [6.45, 7) is 7.65. The van der Waals surface area contributed by atoms with E-state index in [2.05, 4.69) is 71.0 Å². The highest BCUT2D eigenvalue weighted by atomic mass is 79.9. The summed E-state index contributed by atoms with van der Waals surface area (Å²) in [7, 11) is 0. The molecule has 0 aliphatic carbocycles. The number of halogens is 1. The molecule has 0 aliphatic heterocycles. The molecule has 0 bridgehead atoms. The molecule has 2 rings (SSSR count). The number of aryl methyl sites for hydroxylation is 3. The molecule has 0 saturated heterocycles. The molecule has 1 nitrogen and oxygen atoms in total. The fraction of sp³-hybridized carbons (Fsp3) is 0.444. The number of nitrogens with one attached hydrogen (secondary N) is 1. The Kier molecular flexibility index (Phi) is 6.46. The van der Waals surface area contributed by atoms with Gasteiger partial charge >= 0.3 is 0 Å². The second-order valence-electron chi connectivity index (χ2n) is 5.65. The highest BCUT2D eigenvalue weighted by Gasteiger charge is 2.13. The Bertz CT molecular complexity index is 540. The number of rotatable bonds is 7. The van der Waals surface area contributed by atoms with Gasteiger partial charge in [-0.2, -0.15) is 11.3 Å². The zero-order chi connectivity index (χ0) is 15.2. The van der Waals surface area contributed by atoms with Crippen molar-refractivity contribution in [2.45, 2.75) is 46.1 Å². The Morgan fingerprint density at radius 2 is 1.95 bits per heavy atom. The van der Waals surface area contributed by atoms with Crippen molar-refractivity contribution in [1.82, 2.24) is 5.32 Å². The molecule has 0 fully saturated rings. The molecule has 0 aliphatic rings. The summed E-state index contributed by atoms with van der Waals surface area (Å²) < 4.78 is 1.23. The fourth-order valence-corrected chi connectivity index (χ4v) is 3.56. The van der Waals surface area contributed by atoms with E-state index in [0.29, 0.717) is 6.04 Å². The summed E-state index contributed by atoms with van der Waals surface area (Å²) in [5.41, 5.74) is 5.51. The van der Waals surface area contributed by atoms with E-state index in [0.717, 1.165) is 19.4 Å². The van der Waals surface area contributed by atoms with Crippen LogP contribution < -0.4 is 5.32 Å². The second kappa shape index (κ2) is 8.11. The highest BCUT2D eigenvalue weighted by molar-refractivity contribution is 9.10. The van der Waals surface area contributed by atoms with Crippen LogP contribution >= 0.6 is 27.3 Å². The van der Waals surface area contributed by atoms with Gasteiger partial charge in [0.2, 0.25) is 0 Å². The van der Waals surface area contributed by atoms with Crippen LogP contribution in [0.2, 0.25) is 0 Å². The van der Waals surface area contributed by atoms with Crippen molar-refractivity contribution in [2.75, 3.05) is 6.54 Å². The summed E-state index contributed by atoms with van der Waals surface area (Å²) >= 11 is 5.45. The van der Waals surface area contributed by atoms with E-state index < -0.39 is 0 Å². The van der Waals surface area contributed by atoms with Gasteiger partial charge in [0, 0.05) is 10.5 Å². The van der Waals surface area contributed by atoms with Crippen LogP contribution in [0.25, 0.3) is 0 Å². The first kappa shape index (κ1) is 16.7. The molecule has 2 aromatic rings. The van der Waals surface area contributed by atoms with Gasteiger partial charge in [0.25, 0.3) is 0 Å². The van der Waals surface area contributed by atoms with Crippen molar-refractivity contribution < 1.29 is 0 Å². The molecule has 21 heavy (non-hydrogen) atoms. The largest absolute Gasteiger partial charge is 0.310 e. The van der Waals surface area contributed by atoms with Gasteiger partial charge in [0.05, 0.1) is 0 Å². The van der Waals surface area contributed by atoms with Crippen molar-refractivity contribution in [3.63, 3.8) is 0 Å². The van der Waals surface area contributed by atoms with E-state index in [1.54, 1.807) is 11.3 Å². The summed E-state index contributed by atoms with van der Waals surface area (Å²) in [4.78, 5) is 0. The van der Waals surface area contributed by atoms with Gasteiger partial charge in [0.1, 0.15) is 0 Å². The molecule has 3 heteroatoms. The van der Waals surface area contributed by atoms with Gasteiger partial charge in [-0.15, -0.1) is 0 Å². The molecule has 1 heterocycles. The topological polar surface area (TPSA) is 12.0 Å². The zero-order valence-corrected chi connectivity index (χ0v) is 15.5. The molecule has 1 aromatic heterocycles. The van der Waals surface area contributed by atoms with Crippen molar-refractivity contribution in [2.24, 2.45) is 0 Å². The third-order valence-electron chi connectivity index (χ3n) is 3.80. The van der Waals surface area contributed by atoms with E-state index in [9.17, 15) is 0 Å². The minimum atomic E-state index is 0.440. The fourth-order valence-electron chi connectivity index (χ4n) is 2.63. The van der Waals surface area contributed by atoms with Crippen LogP contribution in [-0.4, -0.2) is 6.54 Å². The van der Waals surface area contributed by atoms with Gasteiger partial charge in [-0.3, -0.25) is 0 Å².